The van der Waals surface area contributed by atoms with E-state index in [4.69, 9.17) is 4.74 Å². The van der Waals surface area contributed by atoms with Gasteiger partial charge in [0.05, 0.1) is 0 Å². The van der Waals surface area contributed by atoms with Gasteiger partial charge in [-0.1, -0.05) is 30.3 Å². The molecule has 2 heterocycles. The first-order chi connectivity index (χ1) is 15.1. The summed E-state index contributed by atoms with van der Waals surface area (Å²) in [6, 6.07) is 18.5. The van der Waals surface area contributed by atoms with E-state index >= 15 is 0 Å². The molecule has 2 saturated heterocycles. The van der Waals surface area contributed by atoms with Crippen LogP contribution in [-0.4, -0.2) is 48.5 Å². The maximum Gasteiger partial charge on any atom is 0.258 e. The predicted molar refractivity (Wildman–Crippen MR) is 121 cm³/mol. The van der Waals surface area contributed by atoms with E-state index in [-0.39, 0.29) is 24.5 Å². The van der Waals surface area contributed by atoms with Crippen LogP contribution in [0.2, 0.25) is 0 Å². The fourth-order valence-electron chi connectivity index (χ4n) is 4.47. The van der Waals surface area contributed by atoms with Crippen molar-refractivity contribution in [1.82, 2.24) is 10.2 Å². The summed E-state index contributed by atoms with van der Waals surface area (Å²) >= 11 is 0. The standard InChI is InChI=1S/C25H31N3O3/c1-19-16-21(13-15-27(19)17-20-6-3-2-4-7-20)26-24(29)18-31-23-11-9-22(10-12-23)28-14-5-8-25(28)30/h2-4,6-7,9-12,19,21H,5,8,13-18H2,1H3,(H,26,29)/t19-,21+/m0/s1. The molecule has 6 nitrogen and oxygen atoms in total. The number of nitrogens with zero attached hydrogens (tertiary/aromatic N) is 2. The quantitative estimate of drug-likeness (QED) is 0.745. The summed E-state index contributed by atoms with van der Waals surface area (Å²) in [5.41, 5.74) is 2.21. The number of hydrogen-bond donors (Lipinski definition) is 1. The first-order valence-electron chi connectivity index (χ1n) is 11.2. The number of carbonyl (C=O) groups excluding carboxylic acids is 2. The van der Waals surface area contributed by atoms with Gasteiger partial charge in [0.2, 0.25) is 5.91 Å². The molecule has 0 saturated carbocycles. The number of hydrogen-bond acceptors (Lipinski definition) is 4. The SMILES string of the molecule is C[C@H]1C[C@H](NC(=O)COc2ccc(N3CCCC3=O)cc2)CCN1Cc1ccccc1. The second-order valence-corrected chi connectivity index (χ2v) is 8.53. The van der Waals surface area contributed by atoms with Crippen molar-refractivity contribution in [1.29, 1.82) is 0 Å². The highest BCUT2D eigenvalue weighted by Crippen LogP contribution is 2.24. The lowest BCUT2D eigenvalue weighted by Crippen LogP contribution is -2.49. The number of piperidine rings is 1. The normalized spacial score (nSPS) is 21.8. The van der Waals surface area contributed by atoms with E-state index in [0.717, 1.165) is 44.6 Å². The molecule has 2 aliphatic heterocycles. The van der Waals surface area contributed by atoms with Crippen LogP contribution in [0, 0.1) is 0 Å². The molecule has 164 valence electrons. The van der Waals surface area contributed by atoms with Crippen molar-refractivity contribution in [2.45, 2.75) is 51.2 Å². The molecule has 0 spiro atoms. The highest BCUT2D eigenvalue weighted by Gasteiger charge is 2.26. The maximum absolute atomic E-state index is 12.4. The van der Waals surface area contributed by atoms with Crippen LogP contribution < -0.4 is 15.0 Å². The lowest BCUT2D eigenvalue weighted by Gasteiger charge is -2.38. The predicted octanol–water partition coefficient (Wildman–Crippen LogP) is 3.36. The van der Waals surface area contributed by atoms with Gasteiger partial charge in [0, 0.05) is 43.8 Å². The molecule has 2 aromatic carbocycles. The van der Waals surface area contributed by atoms with E-state index < -0.39 is 0 Å². The summed E-state index contributed by atoms with van der Waals surface area (Å²) in [5.74, 6) is 0.709. The second kappa shape index (κ2) is 9.96. The van der Waals surface area contributed by atoms with Gasteiger partial charge < -0.3 is 15.0 Å². The Morgan fingerprint density at radius 2 is 1.87 bits per heavy atom. The Labute approximate surface area is 184 Å². The molecule has 31 heavy (non-hydrogen) atoms. The smallest absolute Gasteiger partial charge is 0.258 e. The highest BCUT2D eigenvalue weighted by atomic mass is 16.5. The Morgan fingerprint density at radius 1 is 1.10 bits per heavy atom. The molecular weight excluding hydrogens is 390 g/mol. The molecule has 0 aliphatic carbocycles. The third-order valence-electron chi connectivity index (χ3n) is 6.20. The minimum atomic E-state index is -0.0903. The Morgan fingerprint density at radius 3 is 2.55 bits per heavy atom. The van der Waals surface area contributed by atoms with E-state index in [1.807, 2.05) is 30.3 Å². The van der Waals surface area contributed by atoms with Crippen LogP contribution >= 0.6 is 0 Å². The Hall–Kier alpha value is -2.86. The largest absolute Gasteiger partial charge is 0.484 e. The lowest BCUT2D eigenvalue weighted by atomic mass is 9.97. The van der Waals surface area contributed by atoms with Gasteiger partial charge in [-0.3, -0.25) is 14.5 Å². The average Bonchev–Trinajstić information content (AvgIpc) is 3.21. The van der Waals surface area contributed by atoms with E-state index in [1.54, 1.807) is 4.90 Å². The molecule has 6 heteroatoms. The first-order valence-corrected chi connectivity index (χ1v) is 11.2. The number of nitrogens with one attached hydrogen (secondary N) is 1. The zero-order valence-electron chi connectivity index (χ0n) is 18.1. The van der Waals surface area contributed by atoms with Gasteiger partial charge in [-0.05, 0) is 56.0 Å². The van der Waals surface area contributed by atoms with Crippen molar-refractivity contribution in [2.75, 3.05) is 24.6 Å². The van der Waals surface area contributed by atoms with Gasteiger partial charge in [0.15, 0.2) is 6.61 Å². The Balaban J connectivity index is 1.20. The lowest BCUT2D eigenvalue weighted by molar-refractivity contribution is -0.124. The molecule has 0 radical (unpaired) electrons. The molecule has 0 bridgehead atoms. The van der Waals surface area contributed by atoms with E-state index in [2.05, 4.69) is 41.4 Å². The second-order valence-electron chi connectivity index (χ2n) is 8.53. The molecule has 2 fully saturated rings. The number of likely N-dealkylation sites (tertiary alicyclic amines) is 1. The number of benzene rings is 2. The van der Waals surface area contributed by atoms with Crippen LogP contribution in [0.5, 0.6) is 5.75 Å². The zero-order valence-corrected chi connectivity index (χ0v) is 18.1. The summed E-state index contributed by atoms with van der Waals surface area (Å²) in [6.45, 7) is 4.92. The van der Waals surface area contributed by atoms with Gasteiger partial charge in [-0.25, -0.2) is 0 Å². The first kappa shape index (κ1) is 21.4. The molecule has 1 N–H and O–H groups in total. The fraction of sp³-hybridized carbons (Fsp3) is 0.440. The van der Waals surface area contributed by atoms with Crippen molar-refractivity contribution in [3.05, 3.63) is 60.2 Å². The topological polar surface area (TPSA) is 61.9 Å². The molecule has 0 unspecified atom stereocenters. The van der Waals surface area contributed by atoms with E-state index in [1.165, 1.54) is 5.56 Å². The summed E-state index contributed by atoms with van der Waals surface area (Å²) < 4.78 is 5.65. The third kappa shape index (κ3) is 5.64. The maximum atomic E-state index is 12.4. The van der Waals surface area contributed by atoms with Crippen molar-refractivity contribution in [2.24, 2.45) is 0 Å². The molecule has 2 amide bonds. The number of amides is 2. The molecule has 4 rings (SSSR count). The van der Waals surface area contributed by atoms with Crippen molar-refractivity contribution >= 4 is 17.5 Å². The summed E-state index contributed by atoms with van der Waals surface area (Å²) in [5, 5.41) is 3.12. The van der Waals surface area contributed by atoms with Crippen molar-refractivity contribution < 1.29 is 14.3 Å². The van der Waals surface area contributed by atoms with Crippen LogP contribution in [0.15, 0.2) is 54.6 Å². The molecule has 0 aromatic heterocycles. The highest BCUT2D eigenvalue weighted by molar-refractivity contribution is 5.95. The van der Waals surface area contributed by atoms with Crippen molar-refractivity contribution in [3.63, 3.8) is 0 Å². The number of anilines is 1. The monoisotopic (exact) mass is 421 g/mol. The Kier molecular flexibility index (Phi) is 6.87. The van der Waals surface area contributed by atoms with E-state index in [0.29, 0.717) is 18.2 Å². The average molecular weight is 422 g/mol. The van der Waals surface area contributed by atoms with Crippen LogP contribution in [0.4, 0.5) is 5.69 Å². The number of ether oxygens (including phenoxy) is 1. The fourth-order valence-corrected chi connectivity index (χ4v) is 4.47. The number of rotatable bonds is 7. The van der Waals surface area contributed by atoms with Crippen LogP contribution in [0.25, 0.3) is 0 Å². The zero-order chi connectivity index (χ0) is 21.6. The van der Waals surface area contributed by atoms with E-state index in [9.17, 15) is 9.59 Å². The number of carbonyl (C=O) groups is 2. The van der Waals surface area contributed by atoms with Gasteiger partial charge in [-0.15, -0.1) is 0 Å². The summed E-state index contributed by atoms with van der Waals surface area (Å²) in [7, 11) is 0. The van der Waals surface area contributed by atoms with Crippen molar-refractivity contribution in [3.8, 4) is 5.75 Å². The summed E-state index contributed by atoms with van der Waals surface area (Å²) in [6.07, 6.45) is 3.40. The minimum Gasteiger partial charge on any atom is -0.484 e. The van der Waals surface area contributed by atoms with Gasteiger partial charge >= 0.3 is 0 Å². The molecule has 2 atom stereocenters. The molecule has 2 aromatic rings. The van der Waals surface area contributed by atoms with Crippen LogP contribution in [0.3, 0.4) is 0 Å². The van der Waals surface area contributed by atoms with Gasteiger partial charge in [0.25, 0.3) is 5.91 Å². The Bertz CT molecular complexity index is 885. The van der Waals surface area contributed by atoms with Crippen LogP contribution in [-0.2, 0) is 16.1 Å². The third-order valence-corrected chi connectivity index (χ3v) is 6.20. The summed E-state index contributed by atoms with van der Waals surface area (Å²) in [4.78, 5) is 28.5. The van der Waals surface area contributed by atoms with Crippen LogP contribution in [0.1, 0.15) is 38.2 Å². The molecule has 2 aliphatic rings. The van der Waals surface area contributed by atoms with Gasteiger partial charge in [-0.2, -0.15) is 0 Å². The minimum absolute atomic E-state index is 0.000597. The molecular formula is C25H31N3O3. The van der Waals surface area contributed by atoms with Gasteiger partial charge in [0.1, 0.15) is 5.75 Å².